The summed E-state index contributed by atoms with van der Waals surface area (Å²) >= 11 is 0. The minimum absolute atomic E-state index is 0.0949. The van der Waals surface area contributed by atoms with Crippen LogP contribution in [0.15, 0.2) is 18.3 Å². The number of hydrogen-bond acceptors (Lipinski definition) is 3. The molecule has 17 heavy (non-hydrogen) atoms. The molecule has 1 aromatic rings. The molecule has 1 aliphatic rings. The first-order chi connectivity index (χ1) is 8.20. The van der Waals surface area contributed by atoms with Crippen LogP contribution in [0.3, 0.4) is 0 Å². The van der Waals surface area contributed by atoms with Crippen LogP contribution in [0.5, 0.6) is 0 Å². The zero-order chi connectivity index (χ0) is 12.3. The minimum Gasteiger partial charge on any atom is -0.337 e. The Morgan fingerprint density at radius 1 is 1.53 bits per heavy atom. The number of nitrogens with zero attached hydrogens (tertiary/aromatic N) is 2. The predicted octanol–water partition coefficient (Wildman–Crippen LogP) is 1.21. The Morgan fingerprint density at radius 2 is 2.35 bits per heavy atom. The van der Waals surface area contributed by atoms with Gasteiger partial charge in [-0.15, -0.1) is 0 Å². The van der Waals surface area contributed by atoms with Gasteiger partial charge in [0.15, 0.2) is 0 Å². The maximum Gasteiger partial charge on any atom is 0.255 e. The van der Waals surface area contributed by atoms with Gasteiger partial charge in [0.05, 0.1) is 5.56 Å². The van der Waals surface area contributed by atoms with E-state index in [2.05, 4.69) is 10.3 Å². The van der Waals surface area contributed by atoms with Crippen LogP contribution in [0, 0.1) is 6.92 Å². The number of pyridine rings is 1. The van der Waals surface area contributed by atoms with Crippen molar-refractivity contribution in [1.82, 2.24) is 15.2 Å². The van der Waals surface area contributed by atoms with Gasteiger partial charge in [0.1, 0.15) is 0 Å². The number of hydrogen-bond donors (Lipinski definition) is 1. The highest BCUT2D eigenvalue weighted by atomic mass is 16.2. The fourth-order valence-electron chi connectivity index (χ4n) is 2.17. The highest BCUT2D eigenvalue weighted by molar-refractivity contribution is 5.94. The maximum absolute atomic E-state index is 12.2. The molecule has 4 heteroatoms. The number of aryl methyl sites for hydroxylation is 1. The maximum atomic E-state index is 12.2. The lowest BCUT2D eigenvalue weighted by Crippen LogP contribution is -2.46. The Bertz CT molecular complexity index is 388. The van der Waals surface area contributed by atoms with Gasteiger partial charge in [-0.1, -0.05) is 0 Å². The number of nitrogens with one attached hydrogen (secondary N) is 1. The zero-order valence-corrected chi connectivity index (χ0v) is 10.4. The molecule has 0 bridgehead atoms. The molecular weight excluding hydrogens is 214 g/mol. The largest absolute Gasteiger partial charge is 0.337 e. The number of likely N-dealkylation sites (N-methyl/N-ethyl adjacent to an activating group) is 1. The van der Waals surface area contributed by atoms with Crippen LogP contribution in [0.4, 0.5) is 0 Å². The van der Waals surface area contributed by atoms with Crippen LogP contribution in [-0.2, 0) is 0 Å². The number of amides is 1. The van der Waals surface area contributed by atoms with E-state index in [1.807, 2.05) is 31.0 Å². The monoisotopic (exact) mass is 233 g/mol. The molecule has 1 N–H and O–H groups in total. The minimum atomic E-state index is 0.0949. The second-order valence-electron chi connectivity index (χ2n) is 4.57. The van der Waals surface area contributed by atoms with E-state index in [1.165, 1.54) is 0 Å². The van der Waals surface area contributed by atoms with Gasteiger partial charge in [-0.05, 0) is 38.9 Å². The number of carbonyl (C=O) groups is 1. The highest BCUT2D eigenvalue weighted by Crippen LogP contribution is 2.13. The Morgan fingerprint density at radius 3 is 3.00 bits per heavy atom. The van der Waals surface area contributed by atoms with E-state index in [0.29, 0.717) is 11.6 Å². The molecule has 1 amide bonds. The zero-order valence-electron chi connectivity index (χ0n) is 10.4. The third-order valence-electron chi connectivity index (χ3n) is 3.28. The van der Waals surface area contributed by atoms with Crippen molar-refractivity contribution in [2.24, 2.45) is 0 Å². The molecule has 2 rings (SSSR count). The third-order valence-corrected chi connectivity index (χ3v) is 3.28. The van der Waals surface area contributed by atoms with Crippen LogP contribution in [0.2, 0.25) is 0 Å². The smallest absolute Gasteiger partial charge is 0.255 e. The molecular formula is C13H19N3O. The molecule has 1 saturated heterocycles. The molecule has 4 nitrogen and oxygen atoms in total. The lowest BCUT2D eigenvalue weighted by Gasteiger charge is -2.32. The first kappa shape index (κ1) is 12.0. The average molecular weight is 233 g/mol. The fraction of sp³-hybridized carbons (Fsp3) is 0.538. The van der Waals surface area contributed by atoms with Crippen molar-refractivity contribution in [1.29, 1.82) is 0 Å². The Balaban J connectivity index is 2.06. The lowest BCUT2D eigenvalue weighted by atomic mass is 10.1. The summed E-state index contributed by atoms with van der Waals surface area (Å²) in [6, 6.07) is 4.16. The van der Waals surface area contributed by atoms with E-state index < -0.39 is 0 Å². The molecule has 1 unspecified atom stereocenters. The highest BCUT2D eigenvalue weighted by Gasteiger charge is 2.23. The van der Waals surface area contributed by atoms with Crippen LogP contribution >= 0.6 is 0 Å². The van der Waals surface area contributed by atoms with E-state index in [0.717, 1.165) is 31.6 Å². The van der Waals surface area contributed by atoms with Crippen molar-refractivity contribution >= 4 is 5.91 Å². The lowest BCUT2D eigenvalue weighted by molar-refractivity contribution is 0.0698. The van der Waals surface area contributed by atoms with Gasteiger partial charge in [0.2, 0.25) is 0 Å². The van der Waals surface area contributed by atoms with Crippen molar-refractivity contribution in [3.8, 4) is 0 Å². The molecule has 1 fully saturated rings. The number of rotatable bonds is 2. The van der Waals surface area contributed by atoms with E-state index in [9.17, 15) is 4.79 Å². The molecule has 1 atom stereocenters. The van der Waals surface area contributed by atoms with E-state index in [4.69, 9.17) is 0 Å². The molecule has 0 saturated carbocycles. The van der Waals surface area contributed by atoms with Crippen molar-refractivity contribution in [3.05, 3.63) is 29.6 Å². The molecule has 0 spiro atoms. The average Bonchev–Trinajstić information content (AvgIpc) is 2.39. The molecule has 0 aliphatic carbocycles. The molecule has 1 aliphatic heterocycles. The summed E-state index contributed by atoms with van der Waals surface area (Å²) < 4.78 is 0. The van der Waals surface area contributed by atoms with Crippen molar-refractivity contribution in [2.45, 2.75) is 25.8 Å². The topological polar surface area (TPSA) is 45.2 Å². The summed E-state index contributed by atoms with van der Waals surface area (Å²) in [6.45, 7) is 3.57. The van der Waals surface area contributed by atoms with Crippen LogP contribution in [-0.4, -0.2) is 42.0 Å². The number of piperidine rings is 1. The fourth-order valence-corrected chi connectivity index (χ4v) is 2.17. The number of aromatic nitrogens is 1. The second kappa shape index (κ2) is 5.27. The van der Waals surface area contributed by atoms with Gasteiger partial charge in [-0.25, -0.2) is 0 Å². The number of likely N-dealkylation sites (tertiary alicyclic amines) is 1. The molecule has 2 heterocycles. The van der Waals surface area contributed by atoms with Crippen LogP contribution in [0.25, 0.3) is 0 Å². The van der Waals surface area contributed by atoms with Gasteiger partial charge in [0.25, 0.3) is 5.91 Å². The Labute approximate surface area is 102 Å². The van der Waals surface area contributed by atoms with Gasteiger partial charge in [-0.2, -0.15) is 0 Å². The predicted molar refractivity (Wildman–Crippen MR) is 67.0 cm³/mol. The first-order valence-corrected chi connectivity index (χ1v) is 6.10. The van der Waals surface area contributed by atoms with Crippen LogP contribution in [0.1, 0.15) is 28.9 Å². The van der Waals surface area contributed by atoms with Crippen molar-refractivity contribution in [3.63, 3.8) is 0 Å². The Kier molecular flexibility index (Phi) is 3.74. The van der Waals surface area contributed by atoms with Gasteiger partial charge in [-0.3, -0.25) is 9.78 Å². The molecule has 92 valence electrons. The van der Waals surface area contributed by atoms with Crippen LogP contribution < -0.4 is 5.32 Å². The van der Waals surface area contributed by atoms with Crippen molar-refractivity contribution in [2.75, 3.05) is 20.1 Å². The van der Waals surface area contributed by atoms with E-state index in [1.54, 1.807) is 6.20 Å². The summed E-state index contributed by atoms with van der Waals surface area (Å²) in [5.41, 5.74) is 1.63. The normalized spacial score (nSPS) is 20.4. The Hall–Kier alpha value is -1.42. The summed E-state index contributed by atoms with van der Waals surface area (Å²) in [7, 11) is 1.95. The first-order valence-electron chi connectivity index (χ1n) is 6.10. The summed E-state index contributed by atoms with van der Waals surface area (Å²) in [5, 5.41) is 3.24. The second-order valence-corrected chi connectivity index (χ2v) is 4.57. The van der Waals surface area contributed by atoms with Gasteiger partial charge >= 0.3 is 0 Å². The molecule has 0 aromatic carbocycles. The SMILES string of the molecule is CNC1CCCN(C(=O)c2ccc(C)nc2)C1. The van der Waals surface area contributed by atoms with Gasteiger partial charge in [0, 0.05) is 31.0 Å². The van der Waals surface area contributed by atoms with Crippen molar-refractivity contribution < 1.29 is 4.79 Å². The quantitative estimate of drug-likeness (QED) is 0.835. The standard InChI is InChI=1S/C13H19N3O/c1-10-5-6-11(8-15-10)13(17)16-7-3-4-12(9-16)14-2/h5-6,8,12,14H,3-4,7,9H2,1-2H3. The van der Waals surface area contributed by atoms with Gasteiger partial charge < -0.3 is 10.2 Å². The number of carbonyl (C=O) groups excluding carboxylic acids is 1. The van der Waals surface area contributed by atoms with E-state index >= 15 is 0 Å². The summed E-state index contributed by atoms with van der Waals surface area (Å²) in [5.74, 6) is 0.0949. The molecule has 0 radical (unpaired) electrons. The molecule has 1 aromatic heterocycles. The van der Waals surface area contributed by atoms with E-state index in [-0.39, 0.29) is 5.91 Å². The third kappa shape index (κ3) is 2.82. The summed E-state index contributed by atoms with van der Waals surface area (Å²) in [4.78, 5) is 18.3. The summed E-state index contributed by atoms with van der Waals surface area (Å²) in [6.07, 6.45) is 3.88.